The Morgan fingerprint density at radius 2 is 2.00 bits per heavy atom. The van der Waals surface area contributed by atoms with E-state index in [0.29, 0.717) is 16.4 Å². The van der Waals surface area contributed by atoms with Crippen molar-refractivity contribution in [1.29, 1.82) is 0 Å². The molecule has 2 rings (SSSR count). The Bertz CT molecular complexity index is 513. The van der Waals surface area contributed by atoms with Gasteiger partial charge in [-0.05, 0) is 53.2 Å². The Kier molecular flexibility index (Phi) is 6.24. The van der Waals surface area contributed by atoms with Crippen molar-refractivity contribution in [3.8, 4) is 0 Å². The van der Waals surface area contributed by atoms with Gasteiger partial charge in [-0.1, -0.05) is 39.2 Å². The van der Waals surface area contributed by atoms with E-state index < -0.39 is 0 Å². The second-order valence-corrected chi connectivity index (χ2v) is 7.39. The molecule has 5 heteroatoms. The van der Waals surface area contributed by atoms with E-state index in [1.54, 1.807) is 6.07 Å². The van der Waals surface area contributed by atoms with Gasteiger partial charge in [-0.25, -0.2) is 0 Å². The largest absolute Gasteiger partial charge is 0.363 e. The third-order valence-corrected chi connectivity index (χ3v) is 5.06. The number of hydrogen-bond acceptors (Lipinski definition) is 3. The van der Waals surface area contributed by atoms with Gasteiger partial charge in [-0.2, -0.15) is 0 Å². The smallest absolute Gasteiger partial charge is 0.306 e. The first-order chi connectivity index (χ1) is 10.5. The van der Waals surface area contributed by atoms with Crippen LogP contribution in [0.4, 0.5) is 11.4 Å². The van der Waals surface area contributed by atoms with Gasteiger partial charge in [0.2, 0.25) is 0 Å². The Morgan fingerprint density at radius 1 is 1.32 bits per heavy atom. The third-order valence-electron chi connectivity index (χ3n) is 4.42. The van der Waals surface area contributed by atoms with Crippen molar-refractivity contribution in [2.75, 3.05) is 11.4 Å². The van der Waals surface area contributed by atoms with Gasteiger partial charge in [0, 0.05) is 12.6 Å². The summed E-state index contributed by atoms with van der Waals surface area (Å²) in [4.78, 5) is 13.6. The zero-order valence-electron chi connectivity index (χ0n) is 13.4. The van der Waals surface area contributed by atoms with Gasteiger partial charge >= 0.3 is 5.69 Å². The molecule has 0 N–H and O–H groups in total. The Balaban J connectivity index is 2.35. The van der Waals surface area contributed by atoms with Crippen LogP contribution >= 0.6 is 15.9 Å². The monoisotopic (exact) mass is 368 g/mol. The molecule has 0 aromatic heterocycles. The van der Waals surface area contributed by atoms with E-state index in [0.717, 1.165) is 31.5 Å². The van der Waals surface area contributed by atoms with Crippen LogP contribution in [0.5, 0.6) is 0 Å². The topological polar surface area (TPSA) is 46.4 Å². The molecular formula is C17H25BrN2O2. The van der Waals surface area contributed by atoms with Crippen LogP contribution < -0.4 is 4.90 Å². The van der Waals surface area contributed by atoms with Gasteiger partial charge in [0.15, 0.2) is 0 Å². The summed E-state index contributed by atoms with van der Waals surface area (Å²) in [6.45, 7) is 5.29. The molecule has 0 atom stereocenters. The molecule has 0 aliphatic heterocycles. The highest BCUT2D eigenvalue weighted by molar-refractivity contribution is 9.10. The molecule has 0 saturated heterocycles. The molecule has 0 bridgehead atoms. The van der Waals surface area contributed by atoms with Crippen LogP contribution in [-0.2, 0) is 0 Å². The molecule has 1 saturated carbocycles. The molecule has 0 amide bonds. The first-order valence-corrected chi connectivity index (χ1v) is 8.99. The van der Waals surface area contributed by atoms with Crippen LogP contribution in [-0.4, -0.2) is 17.5 Å². The first-order valence-electron chi connectivity index (χ1n) is 8.20. The molecule has 0 spiro atoms. The van der Waals surface area contributed by atoms with Crippen LogP contribution in [0, 0.1) is 16.0 Å². The maximum Gasteiger partial charge on any atom is 0.306 e. The number of halogens is 1. The average Bonchev–Trinajstić information content (AvgIpc) is 2.48. The fraction of sp³-hybridized carbons (Fsp3) is 0.647. The molecular weight excluding hydrogens is 344 g/mol. The molecule has 0 radical (unpaired) electrons. The van der Waals surface area contributed by atoms with Gasteiger partial charge in [0.05, 0.1) is 9.40 Å². The lowest BCUT2D eigenvalue weighted by molar-refractivity contribution is -0.385. The maximum atomic E-state index is 11.5. The Labute approximate surface area is 141 Å². The number of benzene rings is 1. The number of nitrogens with zero attached hydrogens (tertiary/aromatic N) is 2. The fourth-order valence-electron chi connectivity index (χ4n) is 3.21. The van der Waals surface area contributed by atoms with Gasteiger partial charge in [0.25, 0.3) is 0 Å². The standard InChI is InChI=1S/C17H25BrN2O2/c1-13(2)11-12-19(14-7-4-3-5-8-14)16-10-6-9-15(18)17(16)20(21)22/h6,9-10,13-14H,3-5,7-8,11-12H2,1-2H3. The molecule has 1 aliphatic rings. The van der Waals surface area contributed by atoms with Crippen LogP contribution in [0.3, 0.4) is 0 Å². The van der Waals surface area contributed by atoms with Crippen molar-refractivity contribution in [2.24, 2.45) is 5.92 Å². The summed E-state index contributed by atoms with van der Waals surface area (Å²) >= 11 is 3.35. The first kappa shape index (κ1) is 17.3. The van der Waals surface area contributed by atoms with E-state index in [1.807, 2.05) is 12.1 Å². The molecule has 0 unspecified atom stereocenters. The Morgan fingerprint density at radius 3 is 2.59 bits per heavy atom. The lowest BCUT2D eigenvalue weighted by Gasteiger charge is -2.36. The van der Waals surface area contributed by atoms with Crippen molar-refractivity contribution in [3.05, 3.63) is 32.8 Å². The highest BCUT2D eigenvalue weighted by atomic mass is 79.9. The molecule has 4 nitrogen and oxygen atoms in total. The predicted octanol–water partition coefficient (Wildman–Crippen LogP) is 5.54. The van der Waals surface area contributed by atoms with E-state index in [9.17, 15) is 10.1 Å². The van der Waals surface area contributed by atoms with Crippen LogP contribution in [0.25, 0.3) is 0 Å². The highest BCUT2D eigenvalue weighted by Crippen LogP contribution is 2.38. The van der Waals surface area contributed by atoms with Crippen molar-refractivity contribution in [1.82, 2.24) is 0 Å². The molecule has 122 valence electrons. The molecule has 1 aliphatic carbocycles. The minimum absolute atomic E-state index is 0.205. The highest BCUT2D eigenvalue weighted by Gasteiger charge is 2.28. The molecule has 1 aromatic rings. The van der Waals surface area contributed by atoms with E-state index in [1.165, 1.54) is 19.3 Å². The Hall–Kier alpha value is -1.10. The summed E-state index contributed by atoms with van der Waals surface area (Å²) in [5.74, 6) is 0.595. The number of nitro benzene ring substituents is 1. The number of anilines is 1. The lowest BCUT2D eigenvalue weighted by atomic mass is 9.93. The third kappa shape index (κ3) is 4.22. The summed E-state index contributed by atoms with van der Waals surface area (Å²) in [6.07, 6.45) is 7.08. The van der Waals surface area contributed by atoms with Crippen molar-refractivity contribution in [3.63, 3.8) is 0 Å². The van der Waals surface area contributed by atoms with Gasteiger partial charge in [-0.15, -0.1) is 0 Å². The zero-order chi connectivity index (χ0) is 16.1. The van der Waals surface area contributed by atoms with Crippen molar-refractivity contribution in [2.45, 2.75) is 58.4 Å². The molecule has 1 aromatic carbocycles. The predicted molar refractivity (Wildman–Crippen MR) is 94.5 cm³/mol. The normalized spacial score (nSPS) is 16.0. The SMILES string of the molecule is CC(C)CCN(c1cccc(Br)c1[N+](=O)[O-])C1CCCCC1. The maximum absolute atomic E-state index is 11.5. The zero-order valence-corrected chi connectivity index (χ0v) is 15.0. The average molecular weight is 369 g/mol. The van der Waals surface area contributed by atoms with Crippen LogP contribution in [0.2, 0.25) is 0 Å². The van der Waals surface area contributed by atoms with E-state index >= 15 is 0 Å². The molecule has 22 heavy (non-hydrogen) atoms. The van der Waals surface area contributed by atoms with Crippen molar-refractivity contribution < 1.29 is 4.92 Å². The number of para-hydroxylation sites is 1. The van der Waals surface area contributed by atoms with Gasteiger partial charge in [0.1, 0.15) is 5.69 Å². The quantitative estimate of drug-likeness (QED) is 0.488. The van der Waals surface area contributed by atoms with E-state index in [4.69, 9.17) is 0 Å². The summed E-state index contributed by atoms with van der Waals surface area (Å²) in [5, 5.41) is 11.5. The second-order valence-electron chi connectivity index (χ2n) is 6.53. The summed E-state index contributed by atoms with van der Waals surface area (Å²) in [7, 11) is 0. The fourth-order valence-corrected chi connectivity index (χ4v) is 3.71. The van der Waals surface area contributed by atoms with E-state index in [-0.39, 0.29) is 10.6 Å². The minimum Gasteiger partial charge on any atom is -0.363 e. The molecule has 1 fully saturated rings. The lowest BCUT2D eigenvalue weighted by Crippen LogP contribution is -2.38. The van der Waals surface area contributed by atoms with Crippen LogP contribution in [0.15, 0.2) is 22.7 Å². The molecule has 0 heterocycles. The van der Waals surface area contributed by atoms with E-state index in [2.05, 4.69) is 34.7 Å². The number of hydrogen-bond donors (Lipinski definition) is 0. The van der Waals surface area contributed by atoms with Gasteiger partial charge in [-0.3, -0.25) is 10.1 Å². The summed E-state index contributed by atoms with van der Waals surface area (Å²) < 4.78 is 0.570. The minimum atomic E-state index is -0.259. The summed E-state index contributed by atoms with van der Waals surface area (Å²) in [5.41, 5.74) is 0.976. The van der Waals surface area contributed by atoms with Crippen molar-refractivity contribution >= 4 is 27.3 Å². The second kappa shape index (κ2) is 7.95. The van der Waals surface area contributed by atoms with Gasteiger partial charge < -0.3 is 4.90 Å². The summed E-state index contributed by atoms with van der Waals surface area (Å²) in [6, 6.07) is 5.99. The number of nitro groups is 1. The van der Waals surface area contributed by atoms with Crippen LogP contribution in [0.1, 0.15) is 52.4 Å². The number of rotatable bonds is 6.